The standard InChI is InChI=1S/C12H25NOS/c1-4-14-9-10(2)13-11-5-7-12(15-3)8-6-11/h10-13H,4-9H2,1-3H3. The van der Waals surface area contributed by atoms with Gasteiger partial charge in [-0.15, -0.1) is 0 Å². The molecule has 90 valence electrons. The molecule has 0 aromatic heterocycles. The molecule has 2 nitrogen and oxygen atoms in total. The van der Waals surface area contributed by atoms with Crippen LogP contribution in [-0.4, -0.2) is 36.8 Å². The normalized spacial score (nSPS) is 29.0. The maximum Gasteiger partial charge on any atom is 0.0616 e. The molecular formula is C12H25NOS. The first-order valence-electron chi connectivity index (χ1n) is 6.12. The van der Waals surface area contributed by atoms with E-state index in [0.717, 1.165) is 24.5 Å². The molecule has 1 rings (SSSR count). The molecule has 0 amide bonds. The molecular weight excluding hydrogens is 206 g/mol. The molecule has 15 heavy (non-hydrogen) atoms. The summed E-state index contributed by atoms with van der Waals surface area (Å²) in [4.78, 5) is 0. The van der Waals surface area contributed by atoms with Gasteiger partial charge in [0.05, 0.1) is 6.61 Å². The third kappa shape index (κ3) is 5.23. The zero-order chi connectivity index (χ0) is 11.1. The molecule has 1 atom stereocenters. The second-order valence-electron chi connectivity index (χ2n) is 4.44. The van der Waals surface area contributed by atoms with Crippen molar-refractivity contribution < 1.29 is 4.74 Å². The predicted molar refractivity (Wildman–Crippen MR) is 68.6 cm³/mol. The van der Waals surface area contributed by atoms with E-state index in [1.54, 1.807) is 0 Å². The van der Waals surface area contributed by atoms with Gasteiger partial charge in [-0.3, -0.25) is 0 Å². The first kappa shape index (κ1) is 13.3. The van der Waals surface area contributed by atoms with Gasteiger partial charge in [0.1, 0.15) is 0 Å². The molecule has 1 aliphatic carbocycles. The Kier molecular flexibility index (Phi) is 6.69. The van der Waals surface area contributed by atoms with Crippen molar-refractivity contribution >= 4 is 11.8 Å². The topological polar surface area (TPSA) is 21.3 Å². The monoisotopic (exact) mass is 231 g/mol. The van der Waals surface area contributed by atoms with Crippen molar-refractivity contribution in [1.29, 1.82) is 0 Å². The average Bonchev–Trinajstić information content (AvgIpc) is 2.27. The van der Waals surface area contributed by atoms with Crippen molar-refractivity contribution in [3.8, 4) is 0 Å². The summed E-state index contributed by atoms with van der Waals surface area (Å²) >= 11 is 2.03. The van der Waals surface area contributed by atoms with E-state index in [1.807, 2.05) is 11.8 Å². The smallest absolute Gasteiger partial charge is 0.0616 e. The highest BCUT2D eigenvalue weighted by atomic mass is 32.2. The molecule has 0 bridgehead atoms. The van der Waals surface area contributed by atoms with Gasteiger partial charge in [0.15, 0.2) is 0 Å². The van der Waals surface area contributed by atoms with E-state index in [1.165, 1.54) is 25.7 Å². The van der Waals surface area contributed by atoms with E-state index in [-0.39, 0.29) is 0 Å². The number of thioether (sulfide) groups is 1. The lowest BCUT2D eigenvalue weighted by Crippen LogP contribution is -2.41. The van der Waals surface area contributed by atoms with E-state index in [9.17, 15) is 0 Å². The Morgan fingerprint density at radius 3 is 2.53 bits per heavy atom. The molecule has 1 N–H and O–H groups in total. The maximum absolute atomic E-state index is 5.41. The Morgan fingerprint density at radius 2 is 2.00 bits per heavy atom. The van der Waals surface area contributed by atoms with Crippen molar-refractivity contribution in [2.75, 3.05) is 19.5 Å². The van der Waals surface area contributed by atoms with Crippen molar-refractivity contribution in [2.24, 2.45) is 0 Å². The molecule has 0 spiro atoms. The first-order chi connectivity index (χ1) is 7.26. The van der Waals surface area contributed by atoms with Gasteiger partial charge in [-0.05, 0) is 45.8 Å². The van der Waals surface area contributed by atoms with E-state index in [4.69, 9.17) is 4.74 Å². The summed E-state index contributed by atoms with van der Waals surface area (Å²) in [5.74, 6) is 0. The highest BCUT2D eigenvalue weighted by Crippen LogP contribution is 2.26. The number of ether oxygens (including phenoxy) is 1. The molecule has 0 heterocycles. The second kappa shape index (κ2) is 7.53. The Balaban J connectivity index is 2.12. The van der Waals surface area contributed by atoms with Crippen LogP contribution < -0.4 is 5.32 Å². The highest BCUT2D eigenvalue weighted by molar-refractivity contribution is 7.99. The van der Waals surface area contributed by atoms with Crippen molar-refractivity contribution in [3.63, 3.8) is 0 Å². The minimum absolute atomic E-state index is 0.501. The van der Waals surface area contributed by atoms with Crippen molar-refractivity contribution in [2.45, 2.75) is 56.9 Å². The fourth-order valence-corrected chi connectivity index (χ4v) is 2.95. The van der Waals surface area contributed by atoms with Crippen molar-refractivity contribution in [3.05, 3.63) is 0 Å². The lowest BCUT2D eigenvalue weighted by Gasteiger charge is -2.30. The van der Waals surface area contributed by atoms with Crippen molar-refractivity contribution in [1.82, 2.24) is 5.32 Å². The van der Waals surface area contributed by atoms with Gasteiger partial charge in [0.2, 0.25) is 0 Å². The quantitative estimate of drug-likeness (QED) is 0.759. The van der Waals surface area contributed by atoms with Crippen LogP contribution in [0.1, 0.15) is 39.5 Å². The predicted octanol–water partition coefficient (Wildman–Crippen LogP) is 2.68. The molecule has 0 aromatic rings. The lowest BCUT2D eigenvalue weighted by molar-refractivity contribution is 0.121. The minimum atomic E-state index is 0.501. The zero-order valence-corrected chi connectivity index (χ0v) is 11.1. The summed E-state index contributed by atoms with van der Waals surface area (Å²) < 4.78 is 5.41. The Labute approximate surface area is 98.5 Å². The number of hydrogen-bond donors (Lipinski definition) is 1. The molecule has 1 saturated carbocycles. The maximum atomic E-state index is 5.41. The van der Waals surface area contributed by atoms with E-state index >= 15 is 0 Å². The summed E-state index contributed by atoms with van der Waals surface area (Å²) in [6, 6.07) is 1.23. The van der Waals surface area contributed by atoms with Crippen LogP contribution in [0.25, 0.3) is 0 Å². The third-order valence-corrected chi connectivity index (χ3v) is 4.24. The third-order valence-electron chi connectivity index (χ3n) is 3.10. The van der Waals surface area contributed by atoms with Crippen LogP contribution in [0.5, 0.6) is 0 Å². The molecule has 1 unspecified atom stereocenters. The van der Waals surface area contributed by atoms with Crippen LogP contribution in [0.15, 0.2) is 0 Å². The van der Waals surface area contributed by atoms with Gasteiger partial charge in [0, 0.05) is 23.9 Å². The SMILES string of the molecule is CCOCC(C)NC1CCC(SC)CC1. The fraction of sp³-hybridized carbons (Fsp3) is 1.00. The van der Waals surface area contributed by atoms with Crippen LogP contribution in [0.4, 0.5) is 0 Å². The van der Waals surface area contributed by atoms with Crippen LogP contribution in [0.2, 0.25) is 0 Å². The number of hydrogen-bond acceptors (Lipinski definition) is 3. The van der Waals surface area contributed by atoms with Gasteiger partial charge in [0.25, 0.3) is 0 Å². The van der Waals surface area contributed by atoms with Gasteiger partial charge >= 0.3 is 0 Å². The van der Waals surface area contributed by atoms with Crippen LogP contribution in [0, 0.1) is 0 Å². The molecule has 0 saturated heterocycles. The van der Waals surface area contributed by atoms with E-state index in [2.05, 4.69) is 25.4 Å². The highest BCUT2D eigenvalue weighted by Gasteiger charge is 2.21. The summed E-state index contributed by atoms with van der Waals surface area (Å²) in [7, 11) is 0. The largest absolute Gasteiger partial charge is 0.380 e. The van der Waals surface area contributed by atoms with Gasteiger partial charge < -0.3 is 10.1 Å². The number of rotatable bonds is 6. The first-order valence-corrected chi connectivity index (χ1v) is 7.41. The van der Waals surface area contributed by atoms with Gasteiger partial charge in [-0.2, -0.15) is 11.8 Å². The summed E-state index contributed by atoms with van der Waals surface area (Å²) in [5.41, 5.74) is 0. The Bertz CT molecular complexity index is 158. The van der Waals surface area contributed by atoms with Crippen LogP contribution in [0.3, 0.4) is 0 Å². The fourth-order valence-electron chi connectivity index (χ4n) is 2.21. The number of nitrogens with one attached hydrogen (secondary N) is 1. The van der Waals surface area contributed by atoms with Gasteiger partial charge in [-0.25, -0.2) is 0 Å². The molecule has 0 radical (unpaired) electrons. The molecule has 0 aromatic carbocycles. The van der Waals surface area contributed by atoms with E-state index in [0.29, 0.717) is 6.04 Å². The van der Waals surface area contributed by atoms with Crippen LogP contribution in [-0.2, 0) is 4.74 Å². The zero-order valence-electron chi connectivity index (χ0n) is 10.3. The summed E-state index contributed by atoms with van der Waals surface area (Å²) in [6.07, 6.45) is 7.65. The molecule has 0 aliphatic heterocycles. The van der Waals surface area contributed by atoms with Crippen LogP contribution >= 0.6 is 11.8 Å². The Hall–Kier alpha value is 0.270. The Morgan fingerprint density at radius 1 is 1.33 bits per heavy atom. The lowest BCUT2D eigenvalue weighted by atomic mass is 9.94. The molecule has 3 heteroatoms. The summed E-state index contributed by atoms with van der Waals surface area (Å²) in [5, 5.41) is 4.57. The average molecular weight is 231 g/mol. The summed E-state index contributed by atoms with van der Waals surface area (Å²) in [6.45, 7) is 5.94. The second-order valence-corrected chi connectivity index (χ2v) is 5.57. The van der Waals surface area contributed by atoms with Gasteiger partial charge in [-0.1, -0.05) is 0 Å². The minimum Gasteiger partial charge on any atom is -0.380 e. The molecule has 1 aliphatic rings. The van der Waals surface area contributed by atoms with E-state index < -0.39 is 0 Å². The molecule has 1 fully saturated rings.